The zero-order valence-electron chi connectivity index (χ0n) is 11.3. The first-order valence-electron chi connectivity index (χ1n) is 6.53. The monoisotopic (exact) mass is 277 g/mol. The Bertz CT molecular complexity index is 496. The van der Waals surface area contributed by atoms with Crippen LogP contribution in [0.15, 0.2) is 24.3 Å². The van der Waals surface area contributed by atoms with E-state index in [1.165, 1.54) is 0 Å². The summed E-state index contributed by atoms with van der Waals surface area (Å²) in [5.74, 6) is 0.914. The lowest BCUT2D eigenvalue weighted by molar-refractivity contribution is 0.309. The number of aromatic nitrogens is 2. The zero-order chi connectivity index (χ0) is 13.5. The van der Waals surface area contributed by atoms with Crippen LogP contribution in [0, 0.1) is 0 Å². The summed E-state index contributed by atoms with van der Waals surface area (Å²) in [7, 11) is 1.91. The number of nitrogens with zero attached hydrogens (tertiary/aromatic N) is 2. The van der Waals surface area contributed by atoms with Crippen molar-refractivity contribution in [3.63, 3.8) is 0 Å². The van der Waals surface area contributed by atoms with Gasteiger partial charge in [-0.15, -0.1) is 10.2 Å². The van der Waals surface area contributed by atoms with Gasteiger partial charge in [-0.2, -0.15) is 0 Å². The Labute approximate surface area is 117 Å². The first-order valence-corrected chi connectivity index (χ1v) is 7.35. The number of ether oxygens (including phenoxy) is 1. The van der Waals surface area contributed by atoms with Crippen LogP contribution in [-0.4, -0.2) is 23.9 Å². The lowest BCUT2D eigenvalue weighted by Gasteiger charge is -2.05. The molecule has 1 aromatic heterocycles. The van der Waals surface area contributed by atoms with Gasteiger partial charge in [0.15, 0.2) is 0 Å². The van der Waals surface area contributed by atoms with Gasteiger partial charge in [-0.3, -0.25) is 0 Å². The molecule has 1 heterocycles. The number of hydrogen-bond acceptors (Lipinski definition) is 5. The molecule has 2 aromatic rings. The molecule has 19 heavy (non-hydrogen) atoms. The predicted octanol–water partition coefficient (Wildman–Crippen LogP) is 3.10. The highest BCUT2D eigenvalue weighted by atomic mass is 32.1. The fourth-order valence-electron chi connectivity index (χ4n) is 1.62. The van der Waals surface area contributed by atoms with Crippen LogP contribution in [0.1, 0.15) is 24.8 Å². The van der Waals surface area contributed by atoms with Crippen LogP contribution in [0.25, 0.3) is 10.6 Å². The molecule has 102 valence electrons. The summed E-state index contributed by atoms with van der Waals surface area (Å²) in [6.07, 6.45) is 2.24. The van der Waals surface area contributed by atoms with E-state index in [0.29, 0.717) is 0 Å². The van der Waals surface area contributed by atoms with E-state index in [4.69, 9.17) is 4.74 Å². The van der Waals surface area contributed by atoms with Crippen LogP contribution in [0.3, 0.4) is 0 Å². The summed E-state index contributed by atoms with van der Waals surface area (Å²) in [5.41, 5.74) is 1.09. The topological polar surface area (TPSA) is 47.0 Å². The minimum atomic E-state index is 0.760. The molecule has 0 amide bonds. The molecule has 0 radical (unpaired) electrons. The van der Waals surface area contributed by atoms with Gasteiger partial charge in [-0.1, -0.05) is 24.7 Å². The van der Waals surface area contributed by atoms with E-state index in [1.54, 1.807) is 11.3 Å². The average molecular weight is 277 g/mol. The number of nitrogens with one attached hydrogen (secondary N) is 1. The smallest absolute Gasteiger partial charge is 0.147 e. The van der Waals surface area contributed by atoms with Gasteiger partial charge in [-0.05, 0) is 37.7 Å². The fraction of sp³-hybridized carbons (Fsp3) is 0.429. The standard InChI is InChI=1S/C14H19N3OS/c1-3-4-9-18-12-7-5-11(6-8-12)14-17-16-13(19-14)10-15-2/h5-8,15H,3-4,9-10H2,1-2H3. The molecule has 4 nitrogen and oxygen atoms in total. The second-order valence-corrected chi connectivity index (χ2v) is 5.32. The van der Waals surface area contributed by atoms with Crippen molar-refractivity contribution in [3.05, 3.63) is 29.3 Å². The second-order valence-electron chi connectivity index (χ2n) is 4.26. The van der Waals surface area contributed by atoms with E-state index >= 15 is 0 Å². The van der Waals surface area contributed by atoms with Gasteiger partial charge in [0, 0.05) is 12.1 Å². The Balaban J connectivity index is 2.00. The van der Waals surface area contributed by atoms with Crippen molar-refractivity contribution in [1.82, 2.24) is 15.5 Å². The van der Waals surface area contributed by atoms with Gasteiger partial charge in [0.05, 0.1) is 6.61 Å². The zero-order valence-corrected chi connectivity index (χ0v) is 12.2. The average Bonchev–Trinajstić information content (AvgIpc) is 2.89. The number of hydrogen-bond donors (Lipinski definition) is 1. The fourth-order valence-corrected chi connectivity index (χ4v) is 2.48. The number of unbranched alkanes of at least 4 members (excludes halogenated alkanes) is 1. The lowest BCUT2D eigenvalue weighted by Crippen LogP contribution is -2.04. The van der Waals surface area contributed by atoms with Crippen molar-refractivity contribution in [3.8, 4) is 16.3 Å². The SMILES string of the molecule is CCCCOc1ccc(-c2nnc(CNC)s2)cc1. The normalized spacial score (nSPS) is 10.6. The Hall–Kier alpha value is -1.46. The molecule has 0 bridgehead atoms. The first-order chi connectivity index (χ1) is 9.33. The Morgan fingerprint density at radius 1 is 1.21 bits per heavy atom. The molecule has 0 aliphatic heterocycles. The van der Waals surface area contributed by atoms with E-state index in [9.17, 15) is 0 Å². The summed E-state index contributed by atoms with van der Waals surface area (Å²) in [6.45, 7) is 3.70. The van der Waals surface area contributed by atoms with Crippen LogP contribution >= 0.6 is 11.3 Å². The quantitative estimate of drug-likeness (QED) is 0.790. The molecule has 0 aliphatic rings. The van der Waals surface area contributed by atoms with Gasteiger partial charge in [0.2, 0.25) is 0 Å². The minimum Gasteiger partial charge on any atom is -0.494 e. The molecule has 0 saturated carbocycles. The minimum absolute atomic E-state index is 0.760. The molecule has 0 fully saturated rings. The molecule has 1 N–H and O–H groups in total. The molecule has 5 heteroatoms. The van der Waals surface area contributed by atoms with Crippen molar-refractivity contribution in [2.24, 2.45) is 0 Å². The summed E-state index contributed by atoms with van der Waals surface area (Å²) in [5, 5.41) is 13.4. The maximum absolute atomic E-state index is 5.64. The van der Waals surface area contributed by atoms with E-state index in [0.717, 1.165) is 47.3 Å². The summed E-state index contributed by atoms with van der Waals surface area (Å²) >= 11 is 1.61. The molecular formula is C14H19N3OS. The first kappa shape index (κ1) is 14.0. The number of rotatable bonds is 7. The van der Waals surface area contributed by atoms with Crippen molar-refractivity contribution in [1.29, 1.82) is 0 Å². The largest absolute Gasteiger partial charge is 0.494 e. The maximum Gasteiger partial charge on any atom is 0.147 e. The molecule has 0 atom stereocenters. The molecule has 0 saturated heterocycles. The predicted molar refractivity (Wildman–Crippen MR) is 78.5 cm³/mol. The lowest BCUT2D eigenvalue weighted by atomic mass is 10.2. The van der Waals surface area contributed by atoms with E-state index in [2.05, 4.69) is 22.4 Å². The highest BCUT2D eigenvalue weighted by Gasteiger charge is 2.06. The van der Waals surface area contributed by atoms with Gasteiger partial charge < -0.3 is 10.1 Å². The maximum atomic E-state index is 5.64. The van der Waals surface area contributed by atoms with Gasteiger partial charge in [0.25, 0.3) is 0 Å². The Morgan fingerprint density at radius 2 is 2.00 bits per heavy atom. The van der Waals surface area contributed by atoms with Crippen LogP contribution in [0.5, 0.6) is 5.75 Å². The van der Waals surface area contributed by atoms with Gasteiger partial charge in [-0.25, -0.2) is 0 Å². The van der Waals surface area contributed by atoms with Crippen LogP contribution in [0.4, 0.5) is 0 Å². The third-order valence-corrected chi connectivity index (χ3v) is 3.64. The van der Waals surface area contributed by atoms with Crippen molar-refractivity contribution >= 4 is 11.3 Å². The molecule has 0 unspecified atom stereocenters. The van der Waals surface area contributed by atoms with Crippen molar-refractivity contribution in [2.75, 3.05) is 13.7 Å². The summed E-state index contributed by atoms with van der Waals surface area (Å²) in [6, 6.07) is 8.05. The van der Waals surface area contributed by atoms with Gasteiger partial charge >= 0.3 is 0 Å². The van der Waals surface area contributed by atoms with E-state index in [1.807, 2.05) is 31.3 Å². The Kier molecular flexibility index (Phi) is 5.30. The van der Waals surface area contributed by atoms with Gasteiger partial charge in [0.1, 0.15) is 15.8 Å². The molecule has 0 aliphatic carbocycles. The van der Waals surface area contributed by atoms with Crippen LogP contribution < -0.4 is 10.1 Å². The summed E-state index contributed by atoms with van der Waals surface area (Å²) < 4.78 is 5.64. The molecule has 1 aromatic carbocycles. The summed E-state index contributed by atoms with van der Waals surface area (Å²) in [4.78, 5) is 0. The highest BCUT2D eigenvalue weighted by molar-refractivity contribution is 7.14. The third kappa shape index (κ3) is 4.01. The van der Waals surface area contributed by atoms with Crippen molar-refractivity contribution < 1.29 is 4.74 Å². The Morgan fingerprint density at radius 3 is 2.68 bits per heavy atom. The third-order valence-electron chi connectivity index (χ3n) is 2.66. The molecule has 0 spiro atoms. The van der Waals surface area contributed by atoms with Crippen LogP contribution in [0.2, 0.25) is 0 Å². The molecule has 2 rings (SSSR count). The highest BCUT2D eigenvalue weighted by Crippen LogP contribution is 2.25. The second kappa shape index (κ2) is 7.21. The van der Waals surface area contributed by atoms with Crippen LogP contribution in [-0.2, 0) is 6.54 Å². The number of benzene rings is 1. The molecular weight excluding hydrogens is 258 g/mol. The van der Waals surface area contributed by atoms with E-state index in [-0.39, 0.29) is 0 Å². The van der Waals surface area contributed by atoms with E-state index < -0.39 is 0 Å². The van der Waals surface area contributed by atoms with Crippen molar-refractivity contribution in [2.45, 2.75) is 26.3 Å².